The van der Waals surface area contributed by atoms with Crippen LogP contribution < -0.4 is 21.7 Å². The van der Waals surface area contributed by atoms with Gasteiger partial charge in [-0.05, 0) is 49.2 Å². The summed E-state index contributed by atoms with van der Waals surface area (Å²) in [5, 5.41) is 10.1. The number of rotatable bonds is 1. The molecule has 1 amide bonds. The number of aliphatic hydroxyl groups is 1. The van der Waals surface area contributed by atoms with Crippen LogP contribution >= 0.6 is 23.2 Å². The summed E-state index contributed by atoms with van der Waals surface area (Å²) in [6.07, 6.45) is 0. The average molecular weight is 552 g/mol. The molecule has 4 aromatic rings. The Morgan fingerprint density at radius 3 is 1.76 bits per heavy atom. The maximum absolute atomic E-state index is 14.1. The third-order valence-corrected chi connectivity index (χ3v) is 7.61. The van der Waals surface area contributed by atoms with E-state index in [1.807, 2.05) is 0 Å². The molecule has 11 heteroatoms. The van der Waals surface area contributed by atoms with E-state index < -0.39 is 60.9 Å². The largest absolute Gasteiger partial charge is 0.506 e. The molecule has 2 aromatic heterocycles. The van der Waals surface area contributed by atoms with Crippen LogP contribution in [0.2, 0.25) is 0 Å². The second-order valence-corrected chi connectivity index (χ2v) is 9.84. The van der Waals surface area contributed by atoms with E-state index in [9.17, 15) is 24.3 Å². The monoisotopic (exact) mass is 551 g/mol. The van der Waals surface area contributed by atoms with Crippen LogP contribution in [0.4, 0.5) is 0 Å². The number of hydrogen-bond acceptors (Lipinski definition) is 8. The fourth-order valence-corrected chi connectivity index (χ4v) is 5.60. The van der Waals surface area contributed by atoms with Crippen LogP contribution in [0, 0.1) is 13.8 Å². The molecule has 1 aliphatic heterocycles. The number of aryl methyl sites for hydroxylation is 2. The van der Waals surface area contributed by atoms with Crippen LogP contribution in [-0.2, 0) is 15.0 Å². The summed E-state index contributed by atoms with van der Waals surface area (Å²) < 4.78 is 17.3. The van der Waals surface area contributed by atoms with Crippen molar-refractivity contribution in [3.63, 3.8) is 0 Å². The Labute approximate surface area is 222 Å². The second kappa shape index (κ2) is 7.83. The summed E-state index contributed by atoms with van der Waals surface area (Å²) in [6.45, 7) is 3.56. The molecule has 0 fully saturated rings. The summed E-state index contributed by atoms with van der Waals surface area (Å²) in [5.74, 6) is -3.85. The third-order valence-electron chi connectivity index (χ3n) is 6.78. The third kappa shape index (κ3) is 2.88. The summed E-state index contributed by atoms with van der Waals surface area (Å²) >= 11 is 12.4. The highest BCUT2D eigenvalue weighted by Crippen LogP contribution is 2.57. The maximum Gasteiger partial charge on any atom is 0.345 e. The molecule has 0 atom stereocenters. The Morgan fingerprint density at radius 1 is 0.842 bits per heavy atom. The van der Waals surface area contributed by atoms with Crippen molar-refractivity contribution in [3.8, 4) is 11.5 Å². The van der Waals surface area contributed by atoms with Crippen LogP contribution in [0.1, 0.15) is 22.3 Å². The lowest BCUT2D eigenvalue weighted by molar-refractivity contribution is -0.122. The Hall–Kier alpha value is -4.34. The van der Waals surface area contributed by atoms with Gasteiger partial charge in [-0.15, -0.1) is 0 Å². The molecule has 0 saturated carbocycles. The molecule has 0 radical (unpaired) electrons. The van der Waals surface area contributed by atoms with Gasteiger partial charge in [0.05, 0.1) is 16.3 Å². The first-order valence-electron chi connectivity index (χ1n) is 11.2. The second-order valence-electron chi connectivity index (χ2n) is 9.08. The first-order valence-corrected chi connectivity index (χ1v) is 11.9. The van der Waals surface area contributed by atoms with E-state index in [1.165, 1.54) is 0 Å². The quantitative estimate of drug-likeness (QED) is 0.328. The van der Waals surface area contributed by atoms with E-state index in [0.29, 0.717) is 0 Å². The zero-order chi connectivity index (χ0) is 27.3. The Balaban J connectivity index is 1.94. The van der Waals surface area contributed by atoms with Crippen molar-refractivity contribution in [1.82, 2.24) is 0 Å². The van der Waals surface area contributed by atoms with Crippen molar-refractivity contribution in [1.29, 1.82) is 0 Å². The fourth-order valence-electron chi connectivity index (χ4n) is 5.19. The van der Waals surface area contributed by atoms with Gasteiger partial charge in [0.25, 0.3) is 0 Å². The van der Waals surface area contributed by atoms with Gasteiger partial charge in [-0.3, -0.25) is 9.59 Å². The number of halogens is 2. The van der Waals surface area contributed by atoms with Crippen LogP contribution in [0.5, 0.6) is 11.5 Å². The predicted octanol–water partition coefficient (Wildman–Crippen LogP) is 4.48. The van der Waals surface area contributed by atoms with Crippen LogP contribution in [-0.4, -0.2) is 16.8 Å². The number of carbonyl (C=O) groups excluding carboxylic acids is 2. The van der Waals surface area contributed by atoms with Crippen molar-refractivity contribution in [3.05, 3.63) is 101 Å². The van der Waals surface area contributed by atoms with Gasteiger partial charge in [-0.25, -0.2) is 9.59 Å². The Bertz CT molecular complexity index is 1890. The molecule has 190 valence electrons. The summed E-state index contributed by atoms with van der Waals surface area (Å²) in [7, 11) is 0. The van der Waals surface area contributed by atoms with Gasteiger partial charge in [0, 0.05) is 0 Å². The number of nitrogens with two attached hydrogens (primary N) is 1. The number of ketones is 1. The van der Waals surface area contributed by atoms with Crippen molar-refractivity contribution in [2.75, 3.05) is 0 Å². The Kier molecular flexibility index (Phi) is 4.95. The number of Topliss-reactive ketones (excluding diaryl/α,β-unsaturated/α-hetero) is 1. The highest BCUT2D eigenvalue weighted by Gasteiger charge is 2.62. The zero-order valence-corrected chi connectivity index (χ0v) is 21.1. The van der Waals surface area contributed by atoms with E-state index in [1.54, 1.807) is 50.2 Å². The SMILES string of the molecule is Cc1ccc2c3c(c(=O)oc2c1)C1(C(=O)C(Cl)=C(Cl)C(O)=C1C(N)=O)c1c(c2ccc(C)cc2oc1=O)O3. The average Bonchev–Trinajstić information content (AvgIpc) is 2.85. The molecule has 2 aromatic carbocycles. The molecule has 6 rings (SSSR count). The highest BCUT2D eigenvalue weighted by atomic mass is 35.5. The minimum absolute atomic E-state index is 0.118. The molecule has 0 saturated heterocycles. The standard InChI is InChI=1S/C27H15Cl2NO8/c1-9-3-5-11-13(7-9)36-25(34)16-21(11)38-22-12-6-4-10(2)8-14(12)37-26(35)17(22)27(16)15(24(30)33)20(31)18(28)19(29)23(27)32/h3-8,31H,1-2H3,(H2,30,33). The molecular weight excluding hydrogens is 537 g/mol. The van der Waals surface area contributed by atoms with Crippen LogP contribution in [0.3, 0.4) is 0 Å². The number of fused-ring (bicyclic) bond motifs is 8. The molecule has 9 nitrogen and oxygen atoms in total. The van der Waals surface area contributed by atoms with Gasteiger partial charge in [-0.2, -0.15) is 0 Å². The Morgan fingerprint density at radius 2 is 1.32 bits per heavy atom. The molecular formula is C27H15Cl2NO8. The van der Waals surface area contributed by atoms with E-state index in [4.69, 9.17) is 42.5 Å². The summed E-state index contributed by atoms with van der Waals surface area (Å²) in [5.41, 5.74) is 0.481. The smallest absolute Gasteiger partial charge is 0.345 e. The van der Waals surface area contributed by atoms with Gasteiger partial charge >= 0.3 is 11.3 Å². The summed E-state index contributed by atoms with van der Waals surface area (Å²) in [4.78, 5) is 54.3. The number of benzene rings is 2. The molecule has 3 heterocycles. The van der Waals surface area contributed by atoms with E-state index >= 15 is 0 Å². The normalized spacial score (nSPS) is 16.2. The van der Waals surface area contributed by atoms with Gasteiger partial charge in [0.1, 0.15) is 43.5 Å². The van der Waals surface area contributed by atoms with Crippen molar-refractivity contribution in [2.45, 2.75) is 19.3 Å². The first kappa shape index (κ1) is 24.0. The lowest BCUT2D eigenvalue weighted by Crippen LogP contribution is -2.52. The van der Waals surface area contributed by atoms with Crippen molar-refractivity contribution < 1.29 is 28.3 Å². The number of ether oxygens (including phenoxy) is 1. The number of allylic oxidation sites excluding steroid dienone is 2. The first-order chi connectivity index (χ1) is 18.0. The number of hydrogen-bond donors (Lipinski definition) is 2. The van der Waals surface area contributed by atoms with Gasteiger partial charge < -0.3 is 24.4 Å². The predicted molar refractivity (Wildman–Crippen MR) is 138 cm³/mol. The minimum atomic E-state index is -2.69. The van der Waals surface area contributed by atoms with Gasteiger partial charge in [-0.1, -0.05) is 35.3 Å². The van der Waals surface area contributed by atoms with E-state index in [0.717, 1.165) is 11.1 Å². The number of aliphatic hydroxyl groups excluding tert-OH is 1. The zero-order valence-electron chi connectivity index (χ0n) is 19.6. The molecule has 1 aliphatic carbocycles. The molecule has 1 spiro atoms. The minimum Gasteiger partial charge on any atom is -0.506 e. The van der Waals surface area contributed by atoms with E-state index in [2.05, 4.69) is 0 Å². The fraction of sp³-hybridized carbons (Fsp3) is 0.111. The summed E-state index contributed by atoms with van der Waals surface area (Å²) in [6, 6.07) is 9.77. The van der Waals surface area contributed by atoms with Gasteiger partial charge in [0.2, 0.25) is 5.91 Å². The molecule has 0 unspecified atom stereocenters. The number of primary amides is 1. The van der Waals surface area contributed by atoms with Gasteiger partial charge in [0.15, 0.2) is 17.3 Å². The van der Waals surface area contributed by atoms with Crippen LogP contribution in [0.25, 0.3) is 21.9 Å². The lowest BCUT2D eigenvalue weighted by atomic mass is 9.62. The van der Waals surface area contributed by atoms with E-state index in [-0.39, 0.29) is 33.4 Å². The molecule has 0 bridgehead atoms. The molecule has 38 heavy (non-hydrogen) atoms. The maximum atomic E-state index is 14.1. The molecule has 3 N–H and O–H groups in total. The van der Waals surface area contributed by atoms with Crippen molar-refractivity contribution >= 4 is 56.8 Å². The molecule has 2 aliphatic rings. The highest BCUT2D eigenvalue weighted by molar-refractivity contribution is 6.52. The lowest BCUT2D eigenvalue weighted by Gasteiger charge is -2.39. The van der Waals surface area contributed by atoms with Crippen LogP contribution in [0.15, 0.2) is 76.2 Å². The number of carbonyl (C=O) groups is 2. The topological polar surface area (TPSA) is 150 Å². The number of amides is 1. The van der Waals surface area contributed by atoms with Crippen molar-refractivity contribution in [2.24, 2.45) is 5.73 Å².